The molecule has 0 unspecified atom stereocenters. The van der Waals surface area contributed by atoms with E-state index in [4.69, 9.17) is 0 Å². The number of rotatable bonds is 2. The van der Waals surface area contributed by atoms with E-state index in [0.29, 0.717) is 5.69 Å². The van der Waals surface area contributed by atoms with Crippen molar-refractivity contribution in [1.29, 1.82) is 0 Å². The van der Waals surface area contributed by atoms with Gasteiger partial charge in [0, 0.05) is 34.4 Å². The van der Waals surface area contributed by atoms with Crippen molar-refractivity contribution in [3.8, 4) is 0 Å². The number of H-pyrrole nitrogens is 1. The number of hydrogen-bond acceptors (Lipinski definition) is 2. The number of carbonyl (C=O) groups excluding carboxylic acids is 1. The zero-order valence-corrected chi connectivity index (χ0v) is 12.6. The number of nitrogens with one attached hydrogen (secondary N) is 3. The van der Waals surface area contributed by atoms with E-state index in [0.717, 1.165) is 46.4 Å². The summed E-state index contributed by atoms with van der Waals surface area (Å²) in [5.41, 5.74) is 5.41. The Labute approximate surface area is 134 Å². The van der Waals surface area contributed by atoms with E-state index >= 15 is 0 Å². The molecule has 23 heavy (non-hydrogen) atoms. The van der Waals surface area contributed by atoms with Crippen molar-refractivity contribution in [2.24, 2.45) is 0 Å². The second-order valence-corrected chi connectivity index (χ2v) is 5.68. The molecule has 0 saturated heterocycles. The van der Waals surface area contributed by atoms with Gasteiger partial charge in [0.25, 0.3) is 5.91 Å². The van der Waals surface area contributed by atoms with Crippen molar-refractivity contribution in [2.75, 3.05) is 11.9 Å². The third kappa shape index (κ3) is 2.28. The van der Waals surface area contributed by atoms with Crippen LogP contribution in [0.25, 0.3) is 16.6 Å². The summed E-state index contributed by atoms with van der Waals surface area (Å²) in [7, 11) is 0. The van der Waals surface area contributed by atoms with Crippen LogP contribution in [0.1, 0.15) is 21.6 Å². The van der Waals surface area contributed by atoms with Gasteiger partial charge in [0.05, 0.1) is 0 Å². The summed E-state index contributed by atoms with van der Waals surface area (Å²) in [5.74, 6) is -0.110. The summed E-state index contributed by atoms with van der Waals surface area (Å²) < 4.78 is 0. The maximum atomic E-state index is 12.7. The first-order valence-electron chi connectivity index (χ1n) is 7.67. The van der Waals surface area contributed by atoms with Gasteiger partial charge in [-0.15, -0.1) is 0 Å². The van der Waals surface area contributed by atoms with E-state index in [-0.39, 0.29) is 5.91 Å². The highest BCUT2D eigenvalue weighted by molar-refractivity contribution is 6.09. The van der Waals surface area contributed by atoms with Crippen molar-refractivity contribution >= 4 is 28.2 Å². The predicted octanol–water partition coefficient (Wildman–Crippen LogP) is 3.54. The van der Waals surface area contributed by atoms with Crippen molar-refractivity contribution < 1.29 is 4.79 Å². The second-order valence-electron chi connectivity index (χ2n) is 5.68. The fraction of sp³-hybridized carbons (Fsp3) is 0.105. The van der Waals surface area contributed by atoms with Gasteiger partial charge >= 0.3 is 0 Å². The van der Waals surface area contributed by atoms with Gasteiger partial charge in [-0.25, -0.2) is 0 Å². The average molecular weight is 303 g/mol. The third-order valence-electron chi connectivity index (χ3n) is 4.22. The molecule has 3 aromatic rings. The molecular weight excluding hydrogens is 286 g/mol. The van der Waals surface area contributed by atoms with E-state index in [1.165, 1.54) is 0 Å². The number of hydrogen-bond donors (Lipinski definition) is 3. The second kappa shape index (κ2) is 5.32. The van der Waals surface area contributed by atoms with Crippen molar-refractivity contribution in [3.05, 3.63) is 71.9 Å². The molecular formula is C19H17N3O. The Morgan fingerprint density at radius 2 is 1.91 bits per heavy atom. The summed E-state index contributed by atoms with van der Waals surface area (Å²) in [5, 5.41) is 7.37. The highest BCUT2D eigenvalue weighted by Crippen LogP contribution is 2.31. The summed E-state index contributed by atoms with van der Waals surface area (Å²) in [6.07, 6.45) is 0.785. The molecule has 0 bridgehead atoms. The summed E-state index contributed by atoms with van der Waals surface area (Å²) in [6, 6.07) is 15.5. The van der Waals surface area contributed by atoms with Gasteiger partial charge in [0.2, 0.25) is 0 Å². The van der Waals surface area contributed by atoms with Crippen LogP contribution in [0.3, 0.4) is 0 Å². The van der Waals surface area contributed by atoms with Crippen molar-refractivity contribution in [1.82, 2.24) is 10.3 Å². The van der Waals surface area contributed by atoms with Crippen LogP contribution in [0, 0.1) is 0 Å². The molecule has 0 aliphatic carbocycles. The molecule has 4 rings (SSSR count). The van der Waals surface area contributed by atoms with Crippen LogP contribution in [-0.2, 0) is 6.42 Å². The maximum absolute atomic E-state index is 12.7. The minimum Gasteiger partial charge on any atom is -0.385 e. The molecule has 2 heterocycles. The van der Waals surface area contributed by atoms with Gasteiger partial charge in [-0.1, -0.05) is 36.9 Å². The fourth-order valence-corrected chi connectivity index (χ4v) is 3.16. The van der Waals surface area contributed by atoms with Crippen LogP contribution >= 0.6 is 0 Å². The van der Waals surface area contributed by atoms with Crippen LogP contribution in [0.4, 0.5) is 5.69 Å². The lowest BCUT2D eigenvalue weighted by molar-refractivity contribution is 0.102. The number of benzene rings is 2. The molecule has 0 fully saturated rings. The molecule has 0 spiro atoms. The quantitative estimate of drug-likeness (QED) is 0.678. The Morgan fingerprint density at radius 1 is 1.09 bits per heavy atom. The molecule has 1 aromatic heterocycles. The molecule has 4 heteroatoms. The Balaban J connectivity index is 1.81. The zero-order chi connectivity index (χ0) is 15.8. The molecule has 1 aliphatic rings. The Kier molecular flexibility index (Phi) is 3.15. The zero-order valence-electron chi connectivity index (χ0n) is 12.6. The first-order valence-corrected chi connectivity index (χ1v) is 7.67. The number of amides is 1. The number of anilines is 1. The third-order valence-corrected chi connectivity index (χ3v) is 4.22. The van der Waals surface area contributed by atoms with Crippen LogP contribution < -0.4 is 10.6 Å². The lowest BCUT2D eigenvalue weighted by atomic mass is 10.0. The minimum atomic E-state index is -0.110. The van der Waals surface area contributed by atoms with Gasteiger partial charge in [-0.2, -0.15) is 0 Å². The lowest BCUT2D eigenvalue weighted by Crippen LogP contribution is -2.16. The SMILES string of the molecule is C=C1NCCc2c(C(=O)Nc3ccccc3)[nH]c3cccc1c23. The van der Waals surface area contributed by atoms with Crippen LogP contribution in [-0.4, -0.2) is 17.4 Å². The molecule has 1 amide bonds. The van der Waals surface area contributed by atoms with Crippen molar-refractivity contribution in [3.63, 3.8) is 0 Å². The van der Waals surface area contributed by atoms with Gasteiger partial charge in [0.1, 0.15) is 5.69 Å². The summed E-state index contributed by atoms with van der Waals surface area (Å²) in [6.45, 7) is 4.86. The summed E-state index contributed by atoms with van der Waals surface area (Å²) >= 11 is 0. The molecule has 0 saturated carbocycles. The average Bonchev–Trinajstić information content (AvgIpc) is 2.85. The monoisotopic (exact) mass is 303 g/mol. The van der Waals surface area contributed by atoms with Gasteiger partial charge in [0.15, 0.2) is 0 Å². The first kappa shape index (κ1) is 13.6. The van der Waals surface area contributed by atoms with E-state index in [1.807, 2.05) is 48.5 Å². The molecule has 3 N–H and O–H groups in total. The minimum absolute atomic E-state index is 0.110. The van der Waals surface area contributed by atoms with Gasteiger partial charge < -0.3 is 15.6 Å². The molecule has 0 atom stereocenters. The topological polar surface area (TPSA) is 56.9 Å². The fourth-order valence-electron chi connectivity index (χ4n) is 3.16. The molecule has 0 radical (unpaired) electrons. The number of carbonyl (C=O) groups is 1. The normalized spacial score (nSPS) is 13.5. The standard InChI is InChI=1S/C19H17N3O/c1-12-14-8-5-9-16-17(14)15(10-11-20-12)18(22-16)19(23)21-13-6-3-2-4-7-13/h2-9,20,22H,1,10-11H2,(H,21,23). The van der Waals surface area contributed by atoms with Crippen LogP contribution in [0.5, 0.6) is 0 Å². The Hall–Kier alpha value is -3.01. The predicted molar refractivity (Wildman–Crippen MR) is 93.4 cm³/mol. The van der Waals surface area contributed by atoms with E-state index < -0.39 is 0 Å². The largest absolute Gasteiger partial charge is 0.385 e. The van der Waals surface area contributed by atoms with Gasteiger partial charge in [-0.3, -0.25) is 4.79 Å². The maximum Gasteiger partial charge on any atom is 0.272 e. The lowest BCUT2D eigenvalue weighted by Gasteiger charge is -2.06. The molecule has 1 aliphatic heterocycles. The number of aromatic amines is 1. The number of para-hydroxylation sites is 1. The van der Waals surface area contributed by atoms with Crippen molar-refractivity contribution in [2.45, 2.75) is 6.42 Å². The highest BCUT2D eigenvalue weighted by Gasteiger charge is 2.22. The smallest absolute Gasteiger partial charge is 0.272 e. The Bertz CT molecular complexity index is 909. The van der Waals surface area contributed by atoms with Crippen LogP contribution in [0.15, 0.2) is 55.1 Å². The highest BCUT2D eigenvalue weighted by atomic mass is 16.1. The molecule has 2 aromatic carbocycles. The number of aromatic nitrogens is 1. The van der Waals surface area contributed by atoms with E-state index in [1.54, 1.807) is 0 Å². The molecule has 114 valence electrons. The molecule has 4 nitrogen and oxygen atoms in total. The van der Waals surface area contributed by atoms with Crippen LogP contribution in [0.2, 0.25) is 0 Å². The van der Waals surface area contributed by atoms with E-state index in [9.17, 15) is 4.79 Å². The summed E-state index contributed by atoms with van der Waals surface area (Å²) in [4.78, 5) is 16.0. The van der Waals surface area contributed by atoms with Gasteiger partial charge in [-0.05, 0) is 30.2 Å². The first-order chi connectivity index (χ1) is 11.2. The van der Waals surface area contributed by atoms with E-state index in [2.05, 4.69) is 22.2 Å². The Morgan fingerprint density at radius 3 is 2.74 bits per heavy atom.